The van der Waals surface area contributed by atoms with Gasteiger partial charge in [0.15, 0.2) is 0 Å². The molecular formula is C20H28N4OS. The molecule has 0 spiro atoms. The van der Waals surface area contributed by atoms with Crippen LogP contribution >= 0.6 is 11.3 Å². The summed E-state index contributed by atoms with van der Waals surface area (Å²) in [4.78, 5) is 21.8. The highest BCUT2D eigenvalue weighted by Gasteiger charge is 2.25. The van der Waals surface area contributed by atoms with E-state index in [-0.39, 0.29) is 11.8 Å². The molecule has 2 aliphatic heterocycles. The zero-order valence-electron chi connectivity index (χ0n) is 15.3. The molecule has 2 aromatic rings. The smallest absolute Gasteiger partial charge is 0.223 e. The van der Waals surface area contributed by atoms with Crippen LogP contribution < -0.4 is 10.2 Å². The van der Waals surface area contributed by atoms with Crippen molar-refractivity contribution in [2.75, 3.05) is 44.2 Å². The van der Waals surface area contributed by atoms with Gasteiger partial charge in [0.2, 0.25) is 5.91 Å². The van der Waals surface area contributed by atoms with E-state index in [9.17, 15) is 4.79 Å². The molecule has 0 bridgehead atoms. The Labute approximate surface area is 159 Å². The van der Waals surface area contributed by atoms with Gasteiger partial charge in [-0.15, -0.1) is 11.3 Å². The molecule has 6 heteroatoms. The Hall–Kier alpha value is -1.66. The number of anilines is 1. The van der Waals surface area contributed by atoms with Crippen LogP contribution in [0.1, 0.15) is 32.1 Å². The Morgan fingerprint density at radius 3 is 2.81 bits per heavy atom. The average Bonchev–Trinajstić information content (AvgIpc) is 3.36. The Morgan fingerprint density at radius 2 is 2.00 bits per heavy atom. The van der Waals surface area contributed by atoms with Crippen LogP contribution in [-0.4, -0.2) is 55.1 Å². The minimum atomic E-state index is 0.165. The maximum Gasteiger partial charge on any atom is 0.223 e. The summed E-state index contributed by atoms with van der Waals surface area (Å²) >= 11 is 1.75. The molecule has 26 heavy (non-hydrogen) atoms. The molecule has 1 amide bonds. The first-order chi connectivity index (χ1) is 12.8. The van der Waals surface area contributed by atoms with E-state index in [4.69, 9.17) is 0 Å². The second-order valence-electron chi connectivity index (χ2n) is 7.42. The first-order valence-electron chi connectivity index (χ1n) is 9.88. The van der Waals surface area contributed by atoms with E-state index < -0.39 is 0 Å². The molecule has 0 aliphatic carbocycles. The van der Waals surface area contributed by atoms with Crippen LogP contribution in [0.2, 0.25) is 0 Å². The van der Waals surface area contributed by atoms with Gasteiger partial charge in [0, 0.05) is 31.7 Å². The lowest BCUT2D eigenvalue weighted by Gasteiger charge is -2.33. The van der Waals surface area contributed by atoms with Crippen molar-refractivity contribution in [3.63, 3.8) is 0 Å². The molecule has 2 fully saturated rings. The van der Waals surface area contributed by atoms with Gasteiger partial charge < -0.3 is 15.1 Å². The van der Waals surface area contributed by atoms with Gasteiger partial charge in [-0.1, -0.05) is 0 Å². The molecule has 2 aliphatic rings. The van der Waals surface area contributed by atoms with E-state index >= 15 is 0 Å². The van der Waals surface area contributed by atoms with E-state index in [2.05, 4.69) is 37.6 Å². The van der Waals surface area contributed by atoms with Gasteiger partial charge >= 0.3 is 0 Å². The summed E-state index contributed by atoms with van der Waals surface area (Å²) in [5.74, 6) is 0.417. The topological polar surface area (TPSA) is 48.5 Å². The van der Waals surface area contributed by atoms with Crippen molar-refractivity contribution in [3.05, 3.63) is 23.7 Å². The highest BCUT2D eigenvalue weighted by atomic mass is 32.1. The maximum atomic E-state index is 12.5. The second kappa shape index (κ2) is 8.35. The van der Waals surface area contributed by atoms with E-state index in [1.807, 2.05) is 6.20 Å². The number of likely N-dealkylation sites (tertiary alicyclic amines) is 1. The number of amides is 1. The summed E-state index contributed by atoms with van der Waals surface area (Å²) in [6.07, 6.45) is 7.50. The Morgan fingerprint density at radius 1 is 1.19 bits per heavy atom. The summed E-state index contributed by atoms with van der Waals surface area (Å²) < 4.78 is 1.26. The van der Waals surface area contributed by atoms with E-state index in [1.165, 1.54) is 36.3 Å². The number of carbonyl (C=O) groups excluding carboxylic acids is 1. The predicted molar refractivity (Wildman–Crippen MR) is 108 cm³/mol. The largest absolute Gasteiger partial charge is 0.370 e. The van der Waals surface area contributed by atoms with Crippen LogP contribution in [0.25, 0.3) is 10.2 Å². The lowest BCUT2D eigenvalue weighted by molar-refractivity contribution is -0.125. The summed E-state index contributed by atoms with van der Waals surface area (Å²) in [5.41, 5.74) is 2.35. The molecule has 5 nitrogen and oxygen atoms in total. The van der Waals surface area contributed by atoms with E-state index in [0.717, 1.165) is 51.0 Å². The van der Waals surface area contributed by atoms with Gasteiger partial charge in [-0.3, -0.25) is 9.78 Å². The first-order valence-corrected chi connectivity index (χ1v) is 10.8. The van der Waals surface area contributed by atoms with Gasteiger partial charge in [0.1, 0.15) is 0 Å². The number of nitrogens with zero attached hydrogens (tertiary/aromatic N) is 3. The van der Waals surface area contributed by atoms with Crippen molar-refractivity contribution in [2.45, 2.75) is 32.1 Å². The second-order valence-corrected chi connectivity index (χ2v) is 8.34. The Balaban J connectivity index is 1.23. The number of nitrogens with one attached hydrogen (secondary N) is 1. The van der Waals surface area contributed by atoms with Gasteiger partial charge in [-0.05, 0) is 69.3 Å². The van der Waals surface area contributed by atoms with Crippen LogP contribution in [0.3, 0.4) is 0 Å². The molecular weight excluding hydrogens is 344 g/mol. The van der Waals surface area contributed by atoms with Gasteiger partial charge in [0.05, 0.1) is 15.9 Å². The summed E-state index contributed by atoms with van der Waals surface area (Å²) in [6, 6.07) is 4.18. The van der Waals surface area contributed by atoms with Gasteiger partial charge in [-0.25, -0.2) is 0 Å². The first kappa shape index (κ1) is 17.7. The molecule has 0 radical (unpaired) electrons. The minimum Gasteiger partial charge on any atom is -0.370 e. The third-order valence-electron chi connectivity index (χ3n) is 5.68. The van der Waals surface area contributed by atoms with Crippen LogP contribution in [-0.2, 0) is 4.79 Å². The monoisotopic (exact) mass is 372 g/mol. The maximum absolute atomic E-state index is 12.5. The summed E-state index contributed by atoms with van der Waals surface area (Å²) in [5, 5.41) is 5.27. The molecule has 2 saturated heterocycles. The molecule has 0 saturated carbocycles. The Bertz CT molecular complexity index is 732. The quantitative estimate of drug-likeness (QED) is 0.792. The van der Waals surface area contributed by atoms with Crippen molar-refractivity contribution < 1.29 is 4.79 Å². The van der Waals surface area contributed by atoms with Gasteiger partial charge in [0.25, 0.3) is 0 Å². The summed E-state index contributed by atoms with van der Waals surface area (Å²) in [7, 11) is 0. The van der Waals surface area contributed by atoms with Crippen molar-refractivity contribution >= 4 is 33.1 Å². The van der Waals surface area contributed by atoms with Crippen LogP contribution in [0.15, 0.2) is 23.7 Å². The fraction of sp³-hybridized carbons (Fsp3) is 0.600. The number of piperidine rings is 1. The third kappa shape index (κ3) is 4.01. The molecule has 1 N–H and O–H groups in total. The lowest BCUT2D eigenvalue weighted by Crippen LogP contribution is -2.41. The zero-order chi connectivity index (χ0) is 17.8. The van der Waals surface area contributed by atoms with Crippen LogP contribution in [0, 0.1) is 5.92 Å². The lowest BCUT2D eigenvalue weighted by atomic mass is 9.95. The average molecular weight is 373 g/mol. The number of rotatable bonds is 6. The standard InChI is InChI=1S/C20H28N4OS/c25-20(22-8-3-12-23-10-1-2-11-23)16-5-13-24(14-6-16)18-4-9-21-17-7-15-26-19(17)18/h4,7,9,15-16H,1-3,5-6,8,10-14H2,(H,22,25). The number of carbonyl (C=O) groups is 1. The number of hydrogen-bond donors (Lipinski definition) is 1. The normalized spacial score (nSPS) is 19.3. The van der Waals surface area contributed by atoms with Crippen LogP contribution in [0.5, 0.6) is 0 Å². The van der Waals surface area contributed by atoms with E-state index in [1.54, 1.807) is 11.3 Å². The van der Waals surface area contributed by atoms with Gasteiger partial charge in [-0.2, -0.15) is 0 Å². The van der Waals surface area contributed by atoms with E-state index in [0.29, 0.717) is 0 Å². The SMILES string of the molecule is O=C(NCCCN1CCCC1)C1CCN(c2ccnc3ccsc23)CC1. The predicted octanol–water partition coefficient (Wildman–Crippen LogP) is 3.11. The summed E-state index contributed by atoms with van der Waals surface area (Å²) in [6.45, 7) is 6.30. The number of fused-ring (bicyclic) bond motifs is 1. The zero-order valence-corrected chi connectivity index (χ0v) is 16.1. The van der Waals surface area contributed by atoms with Crippen molar-refractivity contribution in [1.82, 2.24) is 15.2 Å². The van der Waals surface area contributed by atoms with Crippen molar-refractivity contribution in [2.24, 2.45) is 5.92 Å². The fourth-order valence-electron chi connectivity index (χ4n) is 4.16. The number of hydrogen-bond acceptors (Lipinski definition) is 5. The fourth-order valence-corrected chi connectivity index (χ4v) is 5.05. The Kier molecular flexibility index (Phi) is 5.70. The highest BCUT2D eigenvalue weighted by Crippen LogP contribution is 2.32. The van der Waals surface area contributed by atoms with Crippen molar-refractivity contribution in [3.8, 4) is 0 Å². The molecule has 140 valence electrons. The molecule has 4 heterocycles. The molecule has 0 unspecified atom stereocenters. The molecule has 0 aromatic carbocycles. The molecule has 0 atom stereocenters. The third-order valence-corrected chi connectivity index (χ3v) is 6.60. The molecule has 2 aromatic heterocycles. The highest BCUT2D eigenvalue weighted by molar-refractivity contribution is 7.17. The number of aromatic nitrogens is 1. The van der Waals surface area contributed by atoms with Crippen molar-refractivity contribution in [1.29, 1.82) is 0 Å². The minimum absolute atomic E-state index is 0.165. The molecule has 4 rings (SSSR count). The number of thiophene rings is 1. The van der Waals surface area contributed by atoms with Crippen LogP contribution in [0.4, 0.5) is 5.69 Å². The number of pyridine rings is 1.